The number of aryl methyl sites for hydroxylation is 1. The van der Waals surface area contributed by atoms with Crippen molar-refractivity contribution in [1.82, 2.24) is 5.32 Å². The zero-order chi connectivity index (χ0) is 31.4. The fourth-order valence-corrected chi connectivity index (χ4v) is 3.83. The van der Waals surface area contributed by atoms with E-state index in [0.717, 1.165) is 5.56 Å². The van der Waals surface area contributed by atoms with Crippen LogP contribution < -0.4 is 5.32 Å². The number of aliphatic carboxylic acids is 1. The number of hydrogen-bond donors (Lipinski definition) is 2. The van der Waals surface area contributed by atoms with E-state index < -0.39 is 28.6 Å². The fourth-order valence-electron chi connectivity index (χ4n) is 2.94. The Hall–Kier alpha value is -2.25. The smallest absolute Gasteiger partial charge is 0.329 e. The summed E-state index contributed by atoms with van der Waals surface area (Å²) in [6, 6.07) is 6.44. The Labute approximate surface area is 253 Å². The van der Waals surface area contributed by atoms with Crippen molar-refractivity contribution in [1.29, 1.82) is 0 Å². The Kier molecular flexibility index (Phi) is 23.6. The zero-order valence-corrected chi connectivity index (χ0v) is 25.5. The molecule has 0 aliphatic heterocycles. The maximum absolute atomic E-state index is 12.0. The maximum Gasteiger partial charge on any atom is 0.329 e. The average molecular weight is 640 g/mol. The van der Waals surface area contributed by atoms with Crippen LogP contribution in [-0.2, 0) is 61.8 Å². The molecule has 0 saturated heterocycles. The lowest BCUT2D eigenvalue weighted by Crippen LogP contribution is -2.31. The topological polar surface area (TPSA) is 184 Å². The predicted octanol–water partition coefficient (Wildman–Crippen LogP) is 0.0339. The second-order valence-electron chi connectivity index (χ2n) is 8.61. The van der Waals surface area contributed by atoms with Crippen LogP contribution in [0.5, 0.6) is 0 Å². The number of benzene rings is 1. The van der Waals surface area contributed by atoms with E-state index in [1.807, 2.05) is 6.92 Å². The minimum Gasteiger partial charge on any atom is -0.480 e. The summed E-state index contributed by atoms with van der Waals surface area (Å²) < 4.78 is 71.3. The highest BCUT2D eigenvalue weighted by Crippen LogP contribution is 2.12. The Morgan fingerprint density at radius 3 is 1.42 bits per heavy atom. The molecule has 0 aliphatic rings. The molecule has 0 atom stereocenters. The number of carbonyl (C=O) groups excluding carboxylic acids is 1. The zero-order valence-electron chi connectivity index (χ0n) is 24.7. The van der Waals surface area contributed by atoms with Gasteiger partial charge in [-0.1, -0.05) is 17.7 Å². The molecule has 0 saturated carbocycles. The van der Waals surface area contributed by atoms with Crippen molar-refractivity contribution in [3.05, 3.63) is 29.8 Å². The number of carbonyl (C=O) groups is 2. The van der Waals surface area contributed by atoms with Gasteiger partial charge in [0.25, 0.3) is 10.1 Å². The Balaban J connectivity index is 1.73. The molecule has 0 aliphatic carbocycles. The molecule has 1 rings (SSSR count). The largest absolute Gasteiger partial charge is 0.480 e. The number of carboxylic acid groups (broad SMARTS) is 1. The first-order valence-electron chi connectivity index (χ1n) is 13.9. The first kappa shape index (κ1) is 38.8. The van der Waals surface area contributed by atoms with Crippen molar-refractivity contribution in [3.63, 3.8) is 0 Å². The van der Waals surface area contributed by atoms with E-state index in [4.69, 9.17) is 42.4 Å². The molecule has 1 aromatic rings. The summed E-state index contributed by atoms with van der Waals surface area (Å²) in [5.41, 5.74) is 0.966. The van der Waals surface area contributed by atoms with E-state index in [1.54, 1.807) is 12.1 Å². The molecule has 2 N–H and O–H groups in total. The van der Waals surface area contributed by atoms with Crippen LogP contribution in [0.25, 0.3) is 0 Å². The van der Waals surface area contributed by atoms with Gasteiger partial charge in [0.15, 0.2) is 0 Å². The number of hydrogen-bond acceptors (Lipinski definition) is 13. The van der Waals surface area contributed by atoms with Gasteiger partial charge in [-0.25, -0.2) is 4.79 Å². The third-order valence-corrected chi connectivity index (χ3v) is 6.36. The van der Waals surface area contributed by atoms with Gasteiger partial charge in [-0.05, 0) is 19.1 Å². The molecule has 0 spiro atoms. The van der Waals surface area contributed by atoms with Crippen LogP contribution in [0.1, 0.15) is 5.56 Å². The van der Waals surface area contributed by atoms with Crippen molar-refractivity contribution < 1.29 is 65.2 Å². The lowest BCUT2D eigenvalue weighted by molar-refractivity contribution is -0.143. The highest BCUT2D eigenvalue weighted by molar-refractivity contribution is 7.86. The molecule has 0 aromatic heterocycles. The van der Waals surface area contributed by atoms with Crippen molar-refractivity contribution in [3.8, 4) is 0 Å². The van der Waals surface area contributed by atoms with Gasteiger partial charge in [-0.3, -0.25) is 8.98 Å². The molecule has 0 fully saturated rings. The fraction of sp³-hybridized carbons (Fsp3) is 0.704. The van der Waals surface area contributed by atoms with E-state index >= 15 is 0 Å². The van der Waals surface area contributed by atoms with Gasteiger partial charge in [0.05, 0.1) is 104 Å². The number of rotatable bonds is 30. The molecular formula is C27H45NO14S. The summed E-state index contributed by atoms with van der Waals surface area (Å²) in [6.07, 6.45) is 0. The van der Waals surface area contributed by atoms with E-state index in [2.05, 4.69) is 10.1 Å². The molecule has 15 nitrogen and oxygen atoms in total. The second kappa shape index (κ2) is 26.2. The number of amides is 1. The van der Waals surface area contributed by atoms with Gasteiger partial charge in [-0.2, -0.15) is 8.42 Å². The summed E-state index contributed by atoms with van der Waals surface area (Å²) >= 11 is 0. The van der Waals surface area contributed by atoms with Crippen LogP contribution >= 0.6 is 0 Å². The lowest BCUT2D eigenvalue weighted by Gasteiger charge is -2.09. The monoisotopic (exact) mass is 639 g/mol. The highest BCUT2D eigenvalue weighted by atomic mass is 32.2. The molecule has 1 amide bonds. The second-order valence-corrected chi connectivity index (χ2v) is 10.2. The van der Waals surface area contributed by atoms with Gasteiger partial charge < -0.3 is 48.3 Å². The van der Waals surface area contributed by atoms with Gasteiger partial charge in [0.2, 0.25) is 5.91 Å². The molecule has 0 unspecified atom stereocenters. The van der Waals surface area contributed by atoms with Gasteiger partial charge >= 0.3 is 5.97 Å². The molecule has 0 heterocycles. The SMILES string of the molecule is Cc1ccc(S(=O)(=O)OCCOCCOCCOCCOCCOCCOCCOCCNC(=O)COCC(=O)O)cc1. The number of nitrogens with one attached hydrogen (secondary N) is 1. The predicted molar refractivity (Wildman–Crippen MR) is 152 cm³/mol. The Morgan fingerprint density at radius 1 is 0.605 bits per heavy atom. The standard InChI is InChI=1S/C27H45NO14S/c1-24-2-4-25(5-3-24)43(32,33)42-21-20-40-19-18-39-17-16-38-15-14-37-13-12-36-11-10-35-9-8-34-7-6-28-26(29)22-41-23-27(30)31/h2-5H,6-23H2,1H3,(H,28,29)(H,30,31). The van der Waals surface area contributed by atoms with E-state index in [9.17, 15) is 18.0 Å². The van der Waals surface area contributed by atoms with E-state index in [-0.39, 0.29) is 31.3 Å². The third-order valence-electron chi connectivity index (χ3n) is 5.04. The number of carboxylic acids is 1. The minimum absolute atomic E-state index is 0.0722. The van der Waals surface area contributed by atoms with Crippen LogP contribution in [0.15, 0.2) is 29.2 Å². The Bertz CT molecular complexity index is 946. The minimum atomic E-state index is -3.78. The maximum atomic E-state index is 12.0. The van der Waals surface area contributed by atoms with Crippen LogP contribution in [0.2, 0.25) is 0 Å². The van der Waals surface area contributed by atoms with E-state index in [1.165, 1.54) is 12.1 Å². The quantitative estimate of drug-likeness (QED) is 0.0849. The van der Waals surface area contributed by atoms with Gasteiger partial charge in [0.1, 0.15) is 13.2 Å². The molecule has 16 heteroatoms. The van der Waals surface area contributed by atoms with Crippen LogP contribution in [0.3, 0.4) is 0 Å². The average Bonchev–Trinajstić information content (AvgIpc) is 2.97. The van der Waals surface area contributed by atoms with Crippen molar-refractivity contribution in [2.45, 2.75) is 11.8 Å². The summed E-state index contributed by atoms with van der Waals surface area (Å²) in [6.45, 7) is 6.51. The molecule has 1 aromatic carbocycles. The summed E-state index contributed by atoms with van der Waals surface area (Å²) in [7, 11) is -3.78. The summed E-state index contributed by atoms with van der Waals surface area (Å²) in [4.78, 5) is 21.7. The first-order valence-corrected chi connectivity index (χ1v) is 15.3. The third kappa shape index (κ3) is 23.8. The van der Waals surface area contributed by atoms with Gasteiger partial charge in [-0.15, -0.1) is 0 Å². The van der Waals surface area contributed by atoms with Crippen LogP contribution in [0, 0.1) is 6.92 Å². The first-order chi connectivity index (χ1) is 20.8. The highest BCUT2D eigenvalue weighted by Gasteiger charge is 2.14. The van der Waals surface area contributed by atoms with Crippen LogP contribution in [-0.4, -0.2) is 144 Å². The summed E-state index contributed by atoms with van der Waals surface area (Å²) in [5, 5.41) is 10.9. The van der Waals surface area contributed by atoms with Crippen molar-refractivity contribution in [2.24, 2.45) is 0 Å². The van der Waals surface area contributed by atoms with Crippen molar-refractivity contribution >= 4 is 22.0 Å². The Morgan fingerprint density at radius 2 is 1.00 bits per heavy atom. The van der Waals surface area contributed by atoms with Gasteiger partial charge in [0, 0.05) is 6.54 Å². The molecular weight excluding hydrogens is 594 g/mol. The summed E-state index contributed by atoms with van der Waals surface area (Å²) in [5.74, 6) is -1.54. The van der Waals surface area contributed by atoms with Crippen LogP contribution in [0.4, 0.5) is 0 Å². The normalized spacial score (nSPS) is 11.6. The lowest BCUT2D eigenvalue weighted by atomic mass is 10.2. The molecule has 43 heavy (non-hydrogen) atoms. The number of ether oxygens (including phenoxy) is 8. The molecule has 0 bridgehead atoms. The van der Waals surface area contributed by atoms with Crippen molar-refractivity contribution in [2.75, 3.05) is 119 Å². The molecule has 0 radical (unpaired) electrons. The van der Waals surface area contributed by atoms with E-state index in [0.29, 0.717) is 85.9 Å². The molecule has 248 valence electrons.